The fourth-order valence-electron chi connectivity index (χ4n) is 2.90. The summed E-state index contributed by atoms with van der Waals surface area (Å²) in [6.45, 7) is 5.89. The molecule has 4 atom stereocenters. The Morgan fingerprint density at radius 2 is 1.89 bits per heavy atom. The van der Waals surface area contributed by atoms with E-state index in [1.807, 2.05) is 37.3 Å². The predicted molar refractivity (Wildman–Crippen MR) is 107 cm³/mol. The Morgan fingerprint density at radius 1 is 1.14 bits per heavy atom. The van der Waals surface area contributed by atoms with Gasteiger partial charge in [-0.2, -0.15) is 0 Å². The Labute approximate surface area is 170 Å². The second-order valence-electron chi connectivity index (χ2n) is 6.25. The van der Waals surface area contributed by atoms with E-state index in [0.717, 1.165) is 4.90 Å². The van der Waals surface area contributed by atoms with Gasteiger partial charge in [-0.1, -0.05) is 18.2 Å². The molecule has 1 aromatic rings. The van der Waals surface area contributed by atoms with E-state index >= 15 is 0 Å². The normalized spacial score (nSPS) is 22.5. The van der Waals surface area contributed by atoms with Crippen LogP contribution in [0.1, 0.15) is 33.6 Å². The van der Waals surface area contributed by atoms with Crippen LogP contribution in [0, 0.1) is 0 Å². The second kappa shape index (κ2) is 11.9. The summed E-state index contributed by atoms with van der Waals surface area (Å²) >= 11 is 1.59. The quantitative estimate of drug-likeness (QED) is 0.332. The van der Waals surface area contributed by atoms with Crippen molar-refractivity contribution in [1.82, 2.24) is 0 Å². The van der Waals surface area contributed by atoms with E-state index < -0.39 is 18.5 Å². The molecule has 0 amide bonds. The zero-order valence-corrected chi connectivity index (χ0v) is 17.4. The third kappa shape index (κ3) is 7.66. The summed E-state index contributed by atoms with van der Waals surface area (Å²) < 4.78 is 22.1. The van der Waals surface area contributed by atoms with Crippen molar-refractivity contribution in [3.63, 3.8) is 0 Å². The first-order chi connectivity index (χ1) is 13.5. The van der Waals surface area contributed by atoms with Crippen molar-refractivity contribution < 1.29 is 28.5 Å². The Morgan fingerprint density at radius 3 is 2.54 bits per heavy atom. The maximum atomic E-state index is 12.1. The van der Waals surface area contributed by atoms with Gasteiger partial charge in [0, 0.05) is 23.7 Å². The standard InChI is InChI=1S/C21H28O6S/c1-4-24-20(23)14-17(28-16-9-7-6-8-10-16)13-19-18(26-15(3)22)11-12-21(27-19)25-5-2/h6-12,17-19,21H,4-5,13-14H2,1-3H3/t17?,18-,19+,21-/m0/s1. The smallest absolute Gasteiger partial charge is 0.306 e. The molecular weight excluding hydrogens is 380 g/mol. The first kappa shape index (κ1) is 22.5. The summed E-state index contributed by atoms with van der Waals surface area (Å²) in [6.07, 6.45) is 2.86. The van der Waals surface area contributed by atoms with Gasteiger partial charge in [0.05, 0.1) is 13.0 Å². The van der Waals surface area contributed by atoms with Crippen LogP contribution in [-0.2, 0) is 28.5 Å². The number of carbonyl (C=O) groups excluding carboxylic acids is 2. The number of hydrogen-bond acceptors (Lipinski definition) is 7. The third-order valence-corrected chi connectivity index (χ3v) is 5.24. The molecule has 0 bridgehead atoms. The van der Waals surface area contributed by atoms with Crippen molar-refractivity contribution >= 4 is 23.7 Å². The van der Waals surface area contributed by atoms with Gasteiger partial charge in [0.15, 0.2) is 6.29 Å². The van der Waals surface area contributed by atoms with E-state index in [9.17, 15) is 9.59 Å². The minimum atomic E-state index is -0.518. The van der Waals surface area contributed by atoms with Gasteiger partial charge in [-0.3, -0.25) is 9.59 Å². The second-order valence-corrected chi connectivity index (χ2v) is 7.63. The van der Waals surface area contributed by atoms with Crippen LogP contribution in [-0.4, -0.2) is 48.9 Å². The monoisotopic (exact) mass is 408 g/mol. The lowest BCUT2D eigenvalue weighted by Gasteiger charge is -2.33. The molecule has 1 aliphatic heterocycles. The molecule has 0 aromatic heterocycles. The highest BCUT2D eigenvalue weighted by Gasteiger charge is 2.33. The van der Waals surface area contributed by atoms with Crippen LogP contribution in [0.5, 0.6) is 0 Å². The lowest BCUT2D eigenvalue weighted by atomic mass is 10.0. The minimum absolute atomic E-state index is 0.0988. The zero-order chi connectivity index (χ0) is 20.4. The minimum Gasteiger partial charge on any atom is -0.466 e. The summed E-state index contributed by atoms with van der Waals surface area (Å²) in [5.41, 5.74) is 0. The Balaban J connectivity index is 2.13. The van der Waals surface area contributed by atoms with Crippen molar-refractivity contribution in [2.24, 2.45) is 0 Å². The fourth-order valence-corrected chi connectivity index (χ4v) is 4.11. The molecule has 1 aliphatic rings. The molecule has 1 heterocycles. The van der Waals surface area contributed by atoms with Gasteiger partial charge in [-0.15, -0.1) is 11.8 Å². The largest absolute Gasteiger partial charge is 0.466 e. The van der Waals surface area contributed by atoms with Gasteiger partial charge in [-0.25, -0.2) is 0 Å². The van der Waals surface area contributed by atoms with Crippen molar-refractivity contribution in [3.8, 4) is 0 Å². The van der Waals surface area contributed by atoms with Gasteiger partial charge in [0.25, 0.3) is 0 Å². The number of ether oxygens (including phenoxy) is 4. The maximum Gasteiger partial charge on any atom is 0.306 e. The number of esters is 2. The Kier molecular flexibility index (Phi) is 9.54. The molecule has 0 fully saturated rings. The van der Waals surface area contributed by atoms with Crippen LogP contribution in [0.25, 0.3) is 0 Å². The van der Waals surface area contributed by atoms with Gasteiger partial charge < -0.3 is 18.9 Å². The van der Waals surface area contributed by atoms with Gasteiger partial charge >= 0.3 is 11.9 Å². The number of thioether (sulfide) groups is 1. The molecule has 0 radical (unpaired) electrons. The molecule has 7 heteroatoms. The molecule has 6 nitrogen and oxygen atoms in total. The van der Waals surface area contributed by atoms with E-state index in [0.29, 0.717) is 19.6 Å². The predicted octanol–water partition coefficient (Wildman–Crippen LogP) is 3.74. The van der Waals surface area contributed by atoms with E-state index in [4.69, 9.17) is 18.9 Å². The summed E-state index contributed by atoms with van der Waals surface area (Å²) in [5, 5.41) is -0.0988. The average molecular weight is 409 g/mol. The number of hydrogen-bond donors (Lipinski definition) is 0. The average Bonchev–Trinajstić information content (AvgIpc) is 2.64. The highest BCUT2D eigenvalue weighted by atomic mass is 32.2. The van der Waals surface area contributed by atoms with E-state index in [1.54, 1.807) is 30.8 Å². The first-order valence-electron chi connectivity index (χ1n) is 9.51. The molecule has 0 N–H and O–H groups in total. The zero-order valence-electron chi connectivity index (χ0n) is 16.5. The third-order valence-electron chi connectivity index (χ3n) is 4.01. The van der Waals surface area contributed by atoms with Crippen LogP contribution in [0.4, 0.5) is 0 Å². The highest BCUT2D eigenvalue weighted by molar-refractivity contribution is 8.00. The topological polar surface area (TPSA) is 71.1 Å². The van der Waals surface area contributed by atoms with Crippen molar-refractivity contribution in [2.45, 2.75) is 62.3 Å². The van der Waals surface area contributed by atoms with Crippen molar-refractivity contribution in [3.05, 3.63) is 42.5 Å². The van der Waals surface area contributed by atoms with Crippen LogP contribution >= 0.6 is 11.8 Å². The first-order valence-corrected chi connectivity index (χ1v) is 10.4. The van der Waals surface area contributed by atoms with Crippen LogP contribution in [0.15, 0.2) is 47.4 Å². The van der Waals surface area contributed by atoms with Crippen LogP contribution in [0.2, 0.25) is 0 Å². The summed E-state index contributed by atoms with van der Waals surface area (Å²) in [5.74, 6) is -0.636. The summed E-state index contributed by atoms with van der Waals surface area (Å²) in [6, 6.07) is 9.85. The summed E-state index contributed by atoms with van der Waals surface area (Å²) in [4.78, 5) is 24.6. The lowest BCUT2D eigenvalue weighted by Crippen LogP contribution is -2.40. The molecule has 0 saturated carbocycles. The number of carbonyl (C=O) groups is 2. The maximum absolute atomic E-state index is 12.1. The summed E-state index contributed by atoms with van der Waals surface area (Å²) in [7, 11) is 0. The van der Waals surface area contributed by atoms with Gasteiger partial charge in [0.2, 0.25) is 0 Å². The lowest BCUT2D eigenvalue weighted by molar-refractivity contribution is -0.185. The van der Waals surface area contributed by atoms with E-state index in [2.05, 4.69) is 0 Å². The molecule has 0 spiro atoms. The van der Waals surface area contributed by atoms with Crippen molar-refractivity contribution in [2.75, 3.05) is 13.2 Å². The molecule has 154 valence electrons. The Hall–Kier alpha value is -1.83. The molecular formula is C21H28O6S. The molecule has 28 heavy (non-hydrogen) atoms. The molecule has 1 unspecified atom stereocenters. The van der Waals surface area contributed by atoms with Crippen molar-refractivity contribution in [1.29, 1.82) is 0 Å². The fraction of sp³-hybridized carbons (Fsp3) is 0.524. The molecule has 0 aliphatic carbocycles. The molecule has 0 saturated heterocycles. The SMILES string of the molecule is CCOC(=O)CC(C[C@H]1O[C@H](OCC)C=C[C@@H]1OC(C)=O)Sc1ccccc1. The van der Waals surface area contributed by atoms with Crippen LogP contribution in [0.3, 0.4) is 0 Å². The van der Waals surface area contributed by atoms with Gasteiger partial charge in [0.1, 0.15) is 12.2 Å². The number of benzene rings is 1. The molecule has 2 rings (SSSR count). The van der Waals surface area contributed by atoms with Crippen LogP contribution < -0.4 is 0 Å². The Bertz CT molecular complexity index is 648. The van der Waals surface area contributed by atoms with Gasteiger partial charge in [-0.05, 0) is 44.6 Å². The molecule has 1 aromatic carbocycles. The number of rotatable bonds is 10. The van der Waals surface area contributed by atoms with E-state index in [1.165, 1.54) is 6.92 Å². The van der Waals surface area contributed by atoms with E-state index in [-0.39, 0.29) is 23.6 Å². The highest BCUT2D eigenvalue weighted by Crippen LogP contribution is 2.32.